The third kappa shape index (κ3) is 3.46. The number of methoxy groups -OCH3 is 1. The third-order valence-corrected chi connectivity index (χ3v) is 3.52. The molecule has 0 bridgehead atoms. The van der Waals surface area contributed by atoms with Crippen molar-refractivity contribution in [3.63, 3.8) is 0 Å². The van der Waals surface area contributed by atoms with Crippen molar-refractivity contribution >= 4 is 17.5 Å². The zero-order valence-corrected chi connectivity index (χ0v) is 11.6. The lowest BCUT2D eigenvalue weighted by Crippen LogP contribution is -2.36. The number of anilines is 1. The van der Waals surface area contributed by atoms with E-state index in [2.05, 4.69) is 15.0 Å². The fourth-order valence-corrected chi connectivity index (χ4v) is 2.38. The molecule has 1 saturated carbocycles. The van der Waals surface area contributed by atoms with Gasteiger partial charge < -0.3 is 15.2 Å². The van der Waals surface area contributed by atoms with Crippen molar-refractivity contribution in [1.82, 2.24) is 4.98 Å². The van der Waals surface area contributed by atoms with Gasteiger partial charge in [-0.05, 0) is 18.9 Å². The van der Waals surface area contributed by atoms with Gasteiger partial charge >= 0.3 is 11.7 Å². The molecule has 1 aliphatic rings. The summed E-state index contributed by atoms with van der Waals surface area (Å²) in [6.45, 7) is 0. The van der Waals surface area contributed by atoms with E-state index in [4.69, 9.17) is 0 Å². The van der Waals surface area contributed by atoms with Crippen LogP contribution in [-0.2, 0) is 4.74 Å². The number of aliphatic hydroxyl groups excluding tert-OH is 1. The van der Waals surface area contributed by atoms with E-state index in [0.717, 1.165) is 12.8 Å². The number of hydrogen-bond donors (Lipinski definition) is 2. The molecule has 0 aromatic carbocycles. The maximum absolute atomic E-state index is 11.5. The van der Waals surface area contributed by atoms with Crippen LogP contribution in [0.5, 0.6) is 0 Å². The third-order valence-electron chi connectivity index (χ3n) is 3.52. The minimum Gasteiger partial charge on any atom is -0.464 e. The van der Waals surface area contributed by atoms with Crippen LogP contribution in [-0.4, -0.2) is 40.2 Å². The van der Waals surface area contributed by atoms with Crippen molar-refractivity contribution in [2.45, 2.75) is 37.8 Å². The predicted octanol–water partition coefficient (Wildman–Crippen LogP) is 1.49. The zero-order valence-electron chi connectivity index (χ0n) is 11.6. The molecule has 114 valence electrons. The molecule has 0 saturated heterocycles. The van der Waals surface area contributed by atoms with Crippen molar-refractivity contribution in [1.29, 1.82) is 0 Å². The number of hydrogen-bond acceptors (Lipinski definition) is 7. The molecule has 1 aromatic heterocycles. The number of pyridine rings is 1. The number of nitrogens with zero attached hydrogens (tertiary/aromatic N) is 2. The van der Waals surface area contributed by atoms with Gasteiger partial charge in [0.1, 0.15) is 0 Å². The Morgan fingerprint density at radius 2 is 2.19 bits per heavy atom. The van der Waals surface area contributed by atoms with Crippen molar-refractivity contribution in [3.8, 4) is 0 Å². The summed E-state index contributed by atoms with van der Waals surface area (Å²) in [5.41, 5.74) is -0.253. The van der Waals surface area contributed by atoms with Crippen molar-refractivity contribution < 1.29 is 19.6 Å². The second-order valence-electron chi connectivity index (χ2n) is 4.92. The first-order valence-electron chi connectivity index (χ1n) is 6.71. The Hall–Kier alpha value is -2.22. The molecule has 0 spiro atoms. The number of carbonyl (C=O) groups excluding carboxylic acids is 1. The molecule has 8 heteroatoms. The highest BCUT2D eigenvalue weighted by Gasteiger charge is 2.27. The van der Waals surface area contributed by atoms with E-state index < -0.39 is 17.0 Å². The van der Waals surface area contributed by atoms with Crippen LogP contribution in [0.3, 0.4) is 0 Å². The second kappa shape index (κ2) is 6.49. The van der Waals surface area contributed by atoms with Crippen LogP contribution in [0.25, 0.3) is 0 Å². The molecule has 8 nitrogen and oxygen atoms in total. The Morgan fingerprint density at radius 3 is 2.81 bits per heavy atom. The Labute approximate surface area is 121 Å². The molecule has 1 aromatic rings. The van der Waals surface area contributed by atoms with Gasteiger partial charge in [0.25, 0.3) is 0 Å². The normalized spacial score (nSPS) is 21.6. The lowest BCUT2D eigenvalue weighted by atomic mass is 9.92. The van der Waals surface area contributed by atoms with Crippen LogP contribution in [0, 0.1) is 10.1 Å². The molecule has 21 heavy (non-hydrogen) atoms. The highest BCUT2D eigenvalue weighted by atomic mass is 16.6. The minimum atomic E-state index is -0.669. The number of nitrogens with one attached hydrogen (secondary N) is 1. The van der Waals surface area contributed by atoms with Crippen LogP contribution in [0.1, 0.15) is 36.2 Å². The van der Waals surface area contributed by atoms with E-state index in [1.165, 1.54) is 19.2 Å². The van der Waals surface area contributed by atoms with Gasteiger partial charge in [0.2, 0.25) is 5.82 Å². The van der Waals surface area contributed by atoms with Gasteiger partial charge in [0.15, 0.2) is 5.69 Å². The van der Waals surface area contributed by atoms with Gasteiger partial charge in [-0.3, -0.25) is 10.1 Å². The summed E-state index contributed by atoms with van der Waals surface area (Å²) in [5, 5.41) is 23.9. The van der Waals surface area contributed by atoms with Crippen molar-refractivity contribution in [3.05, 3.63) is 27.9 Å². The molecule has 0 aliphatic heterocycles. The molecule has 1 fully saturated rings. The number of ether oxygens (including phenoxy) is 1. The molecular weight excluding hydrogens is 278 g/mol. The standard InChI is InChI=1S/C13H17N3O5/c1-21-13(18)9-6-7-10(16(19)20)12(15-9)14-8-4-2-3-5-11(8)17/h6-8,11,17H,2-5H2,1H3,(H,14,15). The van der Waals surface area contributed by atoms with Gasteiger partial charge in [-0.15, -0.1) is 0 Å². The first-order valence-corrected chi connectivity index (χ1v) is 6.71. The molecule has 2 unspecified atom stereocenters. The van der Waals surface area contributed by atoms with E-state index in [1.807, 2.05) is 0 Å². The van der Waals surface area contributed by atoms with E-state index in [9.17, 15) is 20.0 Å². The lowest BCUT2D eigenvalue weighted by molar-refractivity contribution is -0.384. The number of aliphatic hydroxyl groups is 1. The number of nitro groups is 1. The van der Waals surface area contributed by atoms with Crippen LogP contribution in [0.2, 0.25) is 0 Å². The SMILES string of the molecule is COC(=O)c1ccc([N+](=O)[O-])c(NC2CCCCC2O)n1. The summed E-state index contributed by atoms with van der Waals surface area (Å²) in [6, 6.07) is 2.14. The highest BCUT2D eigenvalue weighted by Crippen LogP contribution is 2.27. The Morgan fingerprint density at radius 1 is 1.48 bits per heavy atom. The molecule has 2 rings (SSSR count). The number of aromatic nitrogens is 1. The monoisotopic (exact) mass is 295 g/mol. The number of carbonyl (C=O) groups is 1. The van der Waals surface area contributed by atoms with Crippen LogP contribution in [0.15, 0.2) is 12.1 Å². The summed E-state index contributed by atoms with van der Waals surface area (Å²) in [5.74, 6) is -0.689. The molecule has 0 amide bonds. The average Bonchev–Trinajstić information content (AvgIpc) is 2.48. The zero-order chi connectivity index (χ0) is 15.4. The highest BCUT2D eigenvalue weighted by molar-refractivity contribution is 5.88. The van der Waals surface area contributed by atoms with Crippen molar-refractivity contribution in [2.75, 3.05) is 12.4 Å². The van der Waals surface area contributed by atoms with E-state index in [-0.39, 0.29) is 23.2 Å². The summed E-state index contributed by atoms with van der Waals surface area (Å²) in [7, 11) is 1.21. The topological polar surface area (TPSA) is 115 Å². The first kappa shape index (κ1) is 15.2. The predicted molar refractivity (Wildman–Crippen MR) is 74.1 cm³/mol. The molecule has 1 heterocycles. The average molecular weight is 295 g/mol. The Kier molecular flexibility index (Phi) is 4.69. The largest absolute Gasteiger partial charge is 0.464 e. The van der Waals surface area contributed by atoms with Crippen LogP contribution in [0.4, 0.5) is 11.5 Å². The maximum atomic E-state index is 11.5. The molecule has 0 radical (unpaired) electrons. The molecular formula is C13H17N3O5. The van der Waals surface area contributed by atoms with Gasteiger partial charge in [-0.2, -0.15) is 0 Å². The lowest BCUT2D eigenvalue weighted by Gasteiger charge is -2.28. The molecule has 1 aliphatic carbocycles. The second-order valence-corrected chi connectivity index (χ2v) is 4.92. The number of esters is 1. The smallest absolute Gasteiger partial charge is 0.356 e. The van der Waals surface area contributed by atoms with E-state index >= 15 is 0 Å². The summed E-state index contributed by atoms with van der Waals surface area (Å²) >= 11 is 0. The van der Waals surface area contributed by atoms with Crippen LogP contribution < -0.4 is 5.32 Å². The van der Waals surface area contributed by atoms with Gasteiger partial charge in [0, 0.05) is 6.07 Å². The molecule has 2 N–H and O–H groups in total. The summed E-state index contributed by atoms with van der Waals surface area (Å²) < 4.78 is 4.55. The van der Waals surface area contributed by atoms with Gasteiger partial charge in [0.05, 0.1) is 24.2 Å². The van der Waals surface area contributed by atoms with Gasteiger partial charge in [-0.1, -0.05) is 12.8 Å². The fourth-order valence-electron chi connectivity index (χ4n) is 2.38. The summed E-state index contributed by atoms with van der Waals surface area (Å²) in [6.07, 6.45) is 2.61. The quantitative estimate of drug-likeness (QED) is 0.491. The number of rotatable bonds is 4. The van der Waals surface area contributed by atoms with E-state index in [1.54, 1.807) is 0 Å². The fraction of sp³-hybridized carbons (Fsp3) is 0.538. The van der Waals surface area contributed by atoms with Crippen molar-refractivity contribution in [2.24, 2.45) is 0 Å². The molecule has 2 atom stereocenters. The Bertz CT molecular complexity index is 549. The minimum absolute atomic E-state index is 0.0177. The van der Waals surface area contributed by atoms with Gasteiger partial charge in [-0.25, -0.2) is 9.78 Å². The van der Waals surface area contributed by atoms with E-state index in [0.29, 0.717) is 12.8 Å². The summed E-state index contributed by atoms with van der Waals surface area (Å²) in [4.78, 5) is 25.9. The van der Waals surface area contributed by atoms with Crippen LogP contribution >= 0.6 is 0 Å². The Balaban J connectivity index is 2.29. The maximum Gasteiger partial charge on any atom is 0.356 e. The first-order chi connectivity index (χ1) is 10.0.